The molecule has 28 heavy (non-hydrogen) atoms. The number of carbonyl (C=O) groups is 2. The molecule has 1 saturated heterocycles. The second-order valence-electron chi connectivity index (χ2n) is 6.44. The highest BCUT2D eigenvalue weighted by Gasteiger charge is 2.32. The van der Waals surface area contributed by atoms with E-state index >= 15 is 0 Å². The number of amides is 1. The average Bonchev–Trinajstić information content (AvgIpc) is 3.15. The highest BCUT2D eigenvalue weighted by molar-refractivity contribution is 5.94. The summed E-state index contributed by atoms with van der Waals surface area (Å²) in [6, 6.07) is 2.11. The number of anilines is 1. The predicted octanol–water partition coefficient (Wildman–Crippen LogP) is 2.16. The minimum absolute atomic E-state index is 0.0887. The number of benzene rings is 1. The van der Waals surface area contributed by atoms with Gasteiger partial charge in [0.15, 0.2) is 0 Å². The van der Waals surface area contributed by atoms with Crippen LogP contribution in [0.3, 0.4) is 0 Å². The van der Waals surface area contributed by atoms with E-state index in [4.69, 9.17) is 0 Å². The largest absolute Gasteiger partial charge is 0.480 e. The molecule has 0 radical (unpaired) electrons. The quantitative estimate of drug-likeness (QED) is 0.802. The number of halogens is 3. The van der Waals surface area contributed by atoms with Crippen molar-refractivity contribution in [3.63, 3.8) is 0 Å². The van der Waals surface area contributed by atoms with Crippen molar-refractivity contribution in [3.8, 4) is 5.69 Å². The fourth-order valence-electron chi connectivity index (χ4n) is 3.18. The molecule has 0 aliphatic carbocycles. The van der Waals surface area contributed by atoms with Crippen molar-refractivity contribution in [1.82, 2.24) is 19.7 Å². The van der Waals surface area contributed by atoms with Gasteiger partial charge in [-0.1, -0.05) is 6.42 Å². The number of aromatic nitrogens is 3. The lowest BCUT2D eigenvalue weighted by atomic mass is 10.0. The number of carboxylic acids is 1. The van der Waals surface area contributed by atoms with Gasteiger partial charge in [-0.15, -0.1) is 0 Å². The molecule has 1 aromatic carbocycles. The lowest BCUT2D eigenvalue weighted by molar-refractivity contribution is -0.145. The minimum Gasteiger partial charge on any atom is -0.480 e. The number of alkyl halides is 3. The molecule has 1 fully saturated rings. The third kappa shape index (κ3) is 4.47. The maximum absolute atomic E-state index is 13.1. The van der Waals surface area contributed by atoms with E-state index in [1.54, 1.807) is 0 Å². The Morgan fingerprint density at radius 1 is 1.29 bits per heavy atom. The Morgan fingerprint density at radius 2 is 2.07 bits per heavy atom. The maximum atomic E-state index is 13.1. The van der Waals surface area contributed by atoms with Crippen LogP contribution in [0.15, 0.2) is 30.9 Å². The predicted molar refractivity (Wildman–Crippen MR) is 91.8 cm³/mol. The standard InChI is InChI=1S/C17H18F3N5O3/c18-17(19,20)11-4-5-13(25-10-21-9-22-25)12(7-11)23-15(26)8-24-6-2-1-3-14(24)16(27)28/h4-5,7,9-10,14H,1-3,6,8H2,(H,23,26)(H,27,28). The Labute approximate surface area is 158 Å². The number of piperidine rings is 1. The van der Waals surface area contributed by atoms with Gasteiger partial charge in [-0.3, -0.25) is 14.5 Å². The van der Waals surface area contributed by atoms with E-state index in [-0.39, 0.29) is 17.9 Å². The van der Waals surface area contributed by atoms with Gasteiger partial charge in [0, 0.05) is 0 Å². The molecule has 0 spiro atoms. The fourth-order valence-corrected chi connectivity index (χ4v) is 3.18. The summed E-state index contributed by atoms with van der Waals surface area (Å²) in [7, 11) is 0. The van der Waals surface area contributed by atoms with Crippen molar-refractivity contribution in [2.45, 2.75) is 31.5 Å². The summed E-state index contributed by atoms with van der Waals surface area (Å²) in [5.74, 6) is -1.62. The molecule has 11 heteroatoms. The molecule has 1 unspecified atom stereocenters. The molecular weight excluding hydrogens is 379 g/mol. The van der Waals surface area contributed by atoms with Crippen LogP contribution in [-0.4, -0.2) is 55.8 Å². The number of hydrogen-bond acceptors (Lipinski definition) is 5. The second-order valence-corrected chi connectivity index (χ2v) is 6.44. The Morgan fingerprint density at radius 3 is 2.71 bits per heavy atom. The van der Waals surface area contributed by atoms with E-state index < -0.39 is 29.7 Å². The molecule has 0 bridgehead atoms. The number of carbonyl (C=O) groups excluding carboxylic acids is 1. The highest BCUT2D eigenvalue weighted by Crippen LogP contribution is 2.33. The molecular formula is C17H18F3N5O3. The first-order chi connectivity index (χ1) is 13.3. The molecule has 1 amide bonds. The minimum atomic E-state index is -4.58. The maximum Gasteiger partial charge on any atom is 0.416 e. The first-order valence-electron chi connectivity index (χ1n) is 8.58. The fraction of sp³-hybridized carbons (Fsp3) is 0.412. The zero-order valence-corrected chi connectivity index (χ0v) is 14.7. The van der Waals surface area contributed by atoms with E-state index in [1.165, 1.54) is 28.3 Å². The lowest BCUT2D eigenvalue weighted by Gasteiger charge is -2.32. The van der Waals surface area contributed by atoms with Gasteiger partial charge in [0.05, 0.1) is 23.5 Å². The molecule has 1 aliphatic heterocycles. The Hall–Kier alpha value is -2.95. The Bertz CT molecular complexity index is 854. The van der Waals surface area contributed by atoms with E-state index in [1.807, 2.05) is 0 Å². The van der Waals surface area contributed by atoms with Crippen molar-refractivity contribution in [2.24, 2.45) is 0 Å². The van der Waals surface area contributed by atoms with Crippen LogP contribution in [0.25, 0.3) is 5.69 Å². The van der Waals surface area contributed by atoms with Crippen LogP contribution in [0.2, 0.25) is 0 Å². The van der Waals surface area contributed by atoms with Crippen LogP contribution < -0.4 is 5.32 Å². The number of aliphatic carboxylic acids is 1. The van der Waals surface area contributed by atoms with Crippen LogP contribution >= 0.6 is 0 Å². The van der Waals surface area contributed by atoms with Gasteiger partial charge in [-0.25, -0.2) is 9.67 Å². The molecule has 2 N–H and O–H groups in total. The average molecular weight is 397 g/mol. The molecule has 3 rings (SSSR count). The number of likely N-dealkylation sites (tertiary alicyclic amines) is 1. The lowest BCUT2D eigenvalue weighted by Crippen LogP contribution is -2.47. The highest BCUT2D eigenvalue weighted by atomic mass is 19.4. The summed E-state index contributed by atoms with van der Waals surface area (Å²) < 4.78 is 40.4. The van der Waals surface area contributed by atoms with Crippen molar-refractivity contribution in [2.75, 3.05) is 18.4 Å². The topological polar surface area (TPSA) is 100 Å². The number of rotatable bonds is 5. The molecule has 1 aromatic heterocycles. The Balaban J connectivity index is 1.83. The number of nitrogens with one attached hydrogen (secondary N) is 1. The van der Waals surface area contributed by atoms with Gasteiger partial charge in [-0.2, -0.15) is 18.3 Å². The van der Waals surface area contributed by atoms with E-state index in [0.29, 0.717) is 13.0 Å². The summed E-state index contributed by atoms with van der Waals surface area (Å²) in [4.78, 5) is 29.1. The zero-order chi connectivity index (χ0) is 20.3. The molecule has 2 aromatic rings. The summed E-state index contributed by atoms with van der Waals surface area (Å²) >= 11 is 0. The van der Waals surface area contributed by atoms with Gasteiger partial charge in [-0.05, 0) is 37.6 Å². The Kier molecular flexibility index (Phi) is 5.63. The first kappa shape index (κ1) is 19.8. The molecule has 8 nitrogen and oxygen atoms in total. The third-order valence-corrected chi connectivity index (χ3v) is 4.51. The summed E-state index contributed by atoms with van der Waals surface area (Å²) in [6.07, 6.45) is -0.139. The van der Waals surface area contributed by atoms with Gasteiger partial charge >= 0.3 is 12.1 Å². The summed E-state index contributed by atoms with van der Waals surface area (Å²) in [6.45, 7) is 0.201. The SMILES string of the molecule is O=C(CN1CCCCC1C(=O)O)Nc1cc(C(F)(F)F)ccc1-n1cncn1. The molecule has 2 heterocycles. The summed E-state index contributed by atoms with van der Waals surface area (Å²) in [5, 5.41) is 15.6. The third-order valence-electron chi connectivity index (χ3n) is 4.51. The molecule has 1 aliphatic rings. The molecule has 1 atom stereocenters. The van der Waals surface area contributed by atoms with E-state index in [9.17, 15) is 27.9 Å². The second kappa shape index (κ2) is 7.97. The van der Waals surface area contributed by atoms with E-state index in [0.717, 1.165) is 25.0 Å². The van der Waals surface area contributed by atoms with Crippen molar-refractivity contribution in [1.29, 1.82) is 0 Å². The van der Waals surface area contributed by atoms with Crippen molar-refractivity contribution < 1.29 is 27.9 Å². The van der Waals surface area contributed by atoms with Crippen LogP contribution in [0.5, 0.6) is 0 Å². The molecule has 150 valence electrons. The van der Waals surface area contributed by atoms with Crippen LogP contribution in [0.1, 0.15) is 24.8 Å². The van der Waals surface area contributed by atoms with Gasteiger partial charge < -0.3 is 10.4 Å². The van der Waals surface area contributed by atoms with E-state index in [2.05, 4.69) is 15.4 Å². The summed E-state index contributed by atoms with van der Waals surface area (Å²) in [5.41, 5.74) is -0.797. The molecule has 0 saturated carbocycles. The van der Waals surface area contributed by atoms with Gasteiger partial charge in [0.2, 0.25) is 5.91 Å². The van der Waals surface area contributed by atoms with Crippen molar-refractivity contribution in [3.05, 3.63) is 36.4 Å². The smallest absolute Gasteiger partial charge is 0.416 e. The van der Waals surface area contributed by atoms with Crippen LogP contribution in [0, 0.1) is 0 Å². The van der Waals surface area contributed by atoms with Crippen LogP contribution in [0.4, 0.5) is 18.9 Å². The first-order valence-corrected chi connectivity index (χ1v) is 8.58. The number of hydrogen-bond donors (Lipinski definition) is 2. The van der Waals surface area contributed by atoms with Gasteiger partial charge in [0.1, 0.15) is 18.7 Å². The van der Waals surface area contributed by atoms with Crippen molar-refractivity contribution >= 4 is 17.6 Å². The number of carboxylic acid groups (broad SMARTS) is 1. The normalized spacial score (nSPS) is 18.0. The zero-order valence-electron chi connectivity index (χ0n) is 14.7. The van der Waals surface area contributed by atoms with Crippen LogP contribution in [-0.2, 0) is 15.8 Å². The number of nitrogens with zero attached hydrogens (tertiary/aromatic N) is 4. The monoisotopic (exact) mass is 397 g/mol. The van der Waals surface area contributed by atoms with Gasteiger partial charge in [0.25, 0.3) is 0 Å².